The monoisotopic (exact) mass is 280 g/mol. The number of nitrogens with one attached hydrogen (secondary N) is 1. The molecule has 0 aromatic heterocycles. The summed E-state index contributed by atoms with van der Waals surface area (Å²) in [5.74, 6) is 0.614. The van der Waals surface area contributed by atoms with E-state index in [9.17, 15) is 9.59 Å². The van der Waals surface area contributed by atoms with Gasteiger partial charge in [0.25, 0.3) is 0 Å². The van der Waals surface area contributed by atoms with E-state index in [-0.39, 0.29) is 29.8 Å². The lowest BCUT2D eigenvalue weighted by Gasteiger charge is -2.28. The van der Waals surface area contributed by atoms with Gasteiger partial charge in [0.05, 0.1) is 12.0 Å². The van der Waals surface area contributed by atoms with Gasteiger partial charge in [0.15, 0.2) is 0 Å². The lowest BCUT2D eigenvalue weighted by atomic mass is 9.94. The van der Waals surface area contributed by atoms with Gasteiger partial charge >= 0.3 is 0 Å². The molecule has 0 aromatic carbocycles. The zero-order chi connectivity index (χ0) is 14.1. The highest BCUT2D eigenvalue weighted by Crippen LogP contribution is 2.32. The van der Waals surface area contributed by atoms with Crippen LogP contribution in [0.4, 0.5) is 0 Å². The van der Waals surface area contributed by atoms with Gasteiger partial charge in [0.1, 0.15) is 0 Å². The van der Waals surface area contributed by atoms with E-state index < -0.39 is 0 Å². The second-order valence-electron chi connectivity index (χ2n) is 6.42. The molecule has 20 heavy (non-hydrogen) atoms. The highest BCUT2D eigenvalue weighted by Gasteiger charge is 2.39. The van der Waals surface area contributed by atoms with Crippen LogP contribution in [0.2, 0.25) is 0 Å². The molecule has 0 aromatic rings. The molecule has 5 heteroatoms. The molecule has 3 fully saturated rings. The highest BCUT2D eigenvalue weighted by atomic mass is 16.5. The van der Waals surface area contributed by atoms with E-state index in [2.05, 4.69) is 5.32 Å². The van der Waals surface area contributed by atoms with E-state index in [1.165, 1.54) is 0 Å². The fourth-order valence-electron chi connectivity index (χ4n) is 3.33. The van der Waals surface area contributed by atoms with E-state index >= 15 is 0 Å². The molecule has 2 amide bonds. The molecular formula is C15H24N2O3. The summed E-state index contributed by atoms with van der Waals surface area (Å²) in [6.07, 6.45) is 4.78. The van der Waals surface area contributed by atoms with Crippen molar-refractivity contribution in [2.24, 2.45) is 11.8 Å². The smallest absolute Gasteiger partial charge is 0.225 e. The third-order valence-electron chi connectivity index (χ3n) is 4.73. The van der Waals surface area contributed by atoms with Crippen molar-refractivity contribution in [3.05, 3.63) is 0 Å². The molecule has 3 rings (SSSR count). The van der Waals surface area contributed by atoms with Gasteiger partial charge < -0.3 is 15.0 Å². The van der Waals surface area contributed by atoms with Gasteiger partial charge in [-0.25, -0.2) is 0 Å². The molecule has 1 saturated carbocycles. The Bertz CT molecular complexity index is 395. The molecule has 0 radical (unpaired) electrons. The first kappa shape index (κ1) is 13.9. The lowest BCUT2D eigenvalue weighted by Crippen LogP contribution is -2.42. The molecule has 112 valence electrons. The Morgan fingerprint density at radius 1 is 1.40 bits per heavy atom. The van der Waals surface area contributed by atoms with E-state index in [0.717, 1.165) is 38.8 Å². The predicted octanol–water partition coefficient (Wildman–Crippen LogP) is 0.929. The van der Waals surface area contributed by atoms with Crippen molar-refractivity contribution in [3.63, 3.8) is 0 Å². The van der Waals surface area contributed by atoms with E-state index in [0.29, 0.717) is 19.0 Å². The summed E-state index contributed by atoms with van der Waals surface area (Å²) in [6.45, 7) is 4.17. The molecule has 0 bridgehead atoms. The van der Waals surface area contributed by atoms with Crippen LogP contribution in [-0.2, 0) is 14.3 Å². The Hall–Kier alpha value is -1.10. The normalized spacial score (nSPS) is 34.4. The van der Waals surface area contributed by atoms with Gasteiger partial charge in [0, 0.05) is 38.1 Å². The zero-order valence-corrected chi connectivity index (χ0v) is 12.1. The second-order valence-corrected chi connectivity index (χ2v) is 6.42. The van der Waals surface area contributed by atoms with Gasteiger partial charge in [0.2, 0.25) is 11.8 Å². The van der Waals surface area contributed by atoms with E-state index in [1.807, 2.05) is 11.8 Å². The minimum absolute atomic E-state index is 0.0110. The Balaban J connectivity index is 1.45. The number of rotatable bonds is 4. The van der Waals surface area contributed by atoms with Crippen LogP contribution in [0.5, 0.6) is 0 Å². The molecule has 2 heterocycles. The summed E-state index contributed by atoms with van der Waals surface area (Å²) < 4.78 is 5.53. The van der Waals surface area contributed by atoms with Crippen molar-refractivity contribution in [1.82, 2.24) is 10.2 Å². The molecule has 3 aliphatic rings. The van der Waals surface area contributed by atoms with E-state index in [4.69, 9.17) is 4.74 Å². The predicted molar refractivity (Wildman–Crippen MR) is 74.0 cm³/mol. The molecular weight excluding hydrogens is 256 g/mol. The topological polar surface area (TPSA) is 58.6 Å². The van der Waals surface area contributed by atoms with Crippen LogP contribution in [-0.4, -0.2) is 48.6 Å². The maximum atomic E-state index is 12.2. The first-order valence-electron chi connectivity index (χ1n) is 7.84. The Morgan fingerprint density at radius 3 is 2.90 bits per heavy atom. The fraction of sp³-hybridized carbons (Fsp3) is 0.867. The number of hydrogen-bond donors (Lipinski definition) is 1. The third kappa shape index (κ3) is 2.97. The average Bonchev–Trinajstić information content (AvgIpc) is 3.20. The first-order chi connectivity index (χ1) is 9.65. The maximum absolute atomic E-state index is 12.2. The summed E-state index contributed by atoms with van der Waals surface area (Å²) in [5, 5.41) is 3.03. The number of hydrogen-bond acceptors (Lipinski definition) is 3. The van der Waals surface area contributed by atoms with Gasteiger partial charge in [-0.2, -0.15) is 0 Å². The minimum atomic E-state index is -0.0274. The number of ether oxygens (including phenoxy) is 1. The standard InChI is InChI=1S/C15H24N2O3/c1-10-13(3-2-6-20-10)15(19)16-8-11-7-14(18)17(9-11)12-4-5-12/h10-13H,2-9H2,1H3,(H,16,19)/t10-,11-,13+/m0/s1. The third-order valence-corrected chi connectivity index (χ3v) is 4.73. The zero-order valence-electron chi connectivity index (χ0n) is 12.1. The summed E-state index contributed by atoms with van der Waals surface area (Å²) in [7, 11) is 0. The van der Waals surface area contributed by atoms with Crippen molar-refractivity contribution in [1.29, 1.82) is 0 Å². The second kappa shape index (κ2) is 5.72. The first-order valence-corrected chi connectivity index (χ1v) is 7.84. The molecule has 0 spiro atoms. The number of carbonyl (C=O) groups is 2. The van der Waals surface area contributed by atoms with Gasteiger partial charge in [-0.05, 0) is 32.6 Å². The van der Waals surface area contributed by atoms with Crippen molar-refractivity contribution < 1.29 is 14.3 Å². The summed E-state index contributed by atoms with van der Waals surface area (Å²) in [4.78, 5) is 26.0. The Kier molecular flexibility index (Phi) is 3.96. The number of carbonyl (C=O) groups excluding carboxylic acids is 2. The van der Waals surface area contributed by atoms with Crippen LogP contribution in [0.15, 0.2) is 0 Å². The number of nitrogens with zero attached hydrogens (tertiary/aromatic N) is 1. The van der Waals surface area contributed by atoms with Crippen LogP contribution >= 0.6 is 0 Å². The Labute approximate surface area is 120 Å². The average molecular weight is 280 g/mol. The summed E-state index contributed by atoms with van der Waals surface area (Å²) in [6, 6.07) is 0.495. The van der Waals surface area contributed by atoms with Crippen LogP contribution in [0, 0.1) is 11.8 Å². The maximum Gasteiger partial charge on any atom is 0.225 e. The van der Waals surface area contributed by atoms with Crippen molar-refractivity contribution in [2.75, 3.05) is 19.7 Å². The number of likely N-dealkylation sites (tertiary alicyclic amines) is 1. The van der Waals surface area contributed by atoms with Crippen LogP contribution < -0.4 is 5.32 Å². The minimum Gasteiger partial charge on any atom is -0.378 e. The van der Waals surface area contributed by atoms with E-state index in [1.54, 1.807) is 0 Å². The SMILES string of the molecule is C[C@@H]1OCCC[C@H]1C(=O)NC[C@@H]1CC(=O)N(C2CC2)C1. The Morgan fingerprint density at radius 2 is 2.20 bits per heavy atom. The lowest BCUT2D eigenvalue weighted by molar-refractivity contribution is -0.133. The van der Waals surface area contributed by atoms with Crippen LogP contribution in [0.3, 0.4) is 0 Å². The molecule has 1 N–H and O–H groups in total. The van der Waals surface area contributed by atoms with Gasteiger partial charge in [-0.1, -0.05) is 0 Å². The quantitative estimate of drug-likeness (QED) is 0.833. The van der Waals surface area contributed by atoms with Crippen LogP contribution in [0.25, 0.3) is 0 Å². The van der Waals surface area contributed by atoms with Gasteiger partial charge in [-0.3, -0.25) is 9.59 Å². The van der Waals surface area contributed by atoms with Crippen molar-refractivity contribution in [2.45, 2.75) is 51.2 Å². The molecule has 2 aliphatic heterocycles. The molecule has 1 aliphatic carbocycles. The number of amides is 2. The van der Waals surface area contributed by atoms with Crippen LogP contribution in [0.1, 0.15) is 39.0 Å². The highest BCUT2D eigenvalue weighted by molar-refractivity contribution is 5.81. The molecule has 5 nitrogen and oxygen atoms in total. The summed E-state index contributed by atoms with van der Waals surface area (Å²) >= 11 is 0. The fourth-order valence-corrected chi connectivity index (χ4v) is 3.33. The molecule has 2 saturated heterocycles. The van der Waals surface area contributed by atoms with Crippen molar-refractivity contribution >= 4 is 11.8 Å². The van der Waals surface area contributed by atoms with Gasteiger partial charge in [-0.15, -0.1) is 0 Å². The summed E-state index contributed by atoms with van der Waals surface area (Å²) in [5.41, 5.74) is 0. The largest absolute Gasteiger partial charge is 0.378 e. The molecule has 0 unspecified atom stereocenters. The van der Waals surface area contributed by atoms with Crippen molar-refractivity contribution in [3.8, 4) is 0 Å². The molecule has 3 atom stereocenters.